The molecule has 0 aliphatic carbocycles. The number of rotatable bonds is 7. The minimum atomic E-state index is -1.28. The molecule has 0 fully saturated rings. The Kier molecular flexibility index (Phi) is 5.25. The van der Waals surface area contributed by atoms with Gasteiger partial charge in [0.15, 0.2) is 0 Å². The van der Waals surface area contributed by atoms with Gasteiger partial charge in [-0.15, -0.1) is 0 Å². The molecular formula is C12H15NO6. The molecule has 1 N–H and O–H groups in total. The number of hydrogen-bond acceptors (Lipinski definition) is 5. The molecule has 7 nitrogen and oxygen atoms in total. The van der Waals surface area contributed by atoms with E-state index in [1.807, 2.05) is 6.92 Å². The summed E-state index contributed by atoms with van der Waals surface area (Å²) in [7, 11) is 0. The molecule has 19 heavy (non-hydrogen) atoms. The van der Waals surface area contributed by atoms with Gasteiger partial charge in [-0.25, -0.2) is 4.79 Å². The van der Waals surface area contributed by atoms with E-state index < -0.39 is 10.9 Å². The van der Waals surface area contributed by atoms with Crippen LogP contribution in [0, 0.1) is 10.1 Å². The van der Waals surface area contributed by atoms with Crippen LogP contribution in [0.2, 0.25) is 0 Å². The van der Waals surface area contributed by atoms with Gasteiger partial charge in [-0.3, -0.25) is 10.1 Å². The highest BCUT2D eigenvalue weighted by Gasteiger charge is 2.18. The quantitative estimate of drug-likeness (QED) is 0.601. The number of aromatic carboxylic acids is 1. The van der Waals surface area contributed by atoms with Crippen LogP contribution < -0.4 is 4.74 Å². The highest BCUT2D eigenvalue weighted by molar-refractivity contribution is 5.91. The van der Waals surface area contributed by atoms with Gasteiger partial charge in [0.1, 0.15) is 17.4 Å². The van der Waals surface area contributed by atoms with Gasteiger partial charge < -0.3 is 14.6 Å². The molecule has 7 heteroatoms. The lowest BCUT2D eigenvalue weighted by molar-refractivity contribution is -0.384. The molecule has 0 spiro atoms. The number of ether oxygens (including phenoxy) is 2. The van der Waals surface area contributed by atoms with Crippen LogP contribution in [-0.4, -0.2) is 35.3 Å². The molecule has 0 heterocycles. The highest BCUT2D eigenvalue weighted by atomic mass is 16.6. The SMILES string of the molecule is CCOCC(C)Oc1ccc([N+](=O)[O-])cc1C(=O)O. The van der Waals surface area contributed by atoms with Gasteiger partial charge in [-0.1, -0.05) is 0 Å². The van der Waals surface area contributed by atoms with Crippen LogP contribution in [0.5, 0.6) is 5.75 Å². The second kappa shape index (κ2) is 6.69. The summed E-state index contributed by atoms with van der Waals surface area (Å²) < 4.78 is 10.6. The average molecular weight is 269 g/mol. The van der Waals surface area contributed by atoms with Crippen LogP contribution in [0.25, 0.3) is 0 Å². The molecule has 0 bridgehead atoms. The summed E-state index contributed by atoms with van der Waals surface area (Å²) in [5, 5.41) is 19.6. The number of hydrogen-bond donors (Lipinski definition) is 1. The number of benzene rings is 1. The third-order valence-corrected chi connectivity index (χ3v) is 2.29. The zero-order chi connectivity index (χ0) is 14.4. The summed E-state index contributed by atoms with van der Waals surface area (Å²) in [4.78, 5) is 21.0. The van der Waals surface area contributed by atoms with Crippen molar-refractivity contribution < 1.29 is 24.3 Å². The average Bonchev–Trinajstić information content (AvgIpc) is 2.36. The van der Waals surface area contributed by atoms with Gasteiger partial charge in [-0.2, -0.15) is 0 Å². The molecule has 1 aromatic carbocycles. The van der Waals surface area contributed by atoms with E-state index >= 15 is 0 Å². The second-order valence-electron chi connectivity index (χ2n) is 3.83. The summed E-state index contributed by atoms with van der Waals surface area (Å²) >= 11 is 0. The number of nitro benzene ring substituents is 1. The van der Waals surface area contributed by atoms with Crippen molar-refractivity contribution in [1.82, 2.24) is 0 Å². The van der Waals surface area contributed by atoms with Gasteiger partial charge >= 0.3 is 5.97 Å². The van der Waals surface area contributed by atoms with Crippen molar-refractivity contribution in [3.63, 3.8) is 0 Å². The fraction of sp³-hybridized carbons (Fsp3) is 0.417. The van der Waals surface area contributed by atoms with Crippen molar-refractivity contribution in [3.05, 3.63) is 33.9 Å². The van der Waals surface area contributed by atoms with Crippen LogP contribution in [0.1, 0.15) is 24.2 Å². The topological polar surface area (TPSA) is 98.9 Å². The first kappa shape index (κ1) is 14.9. The van der Waals surface area contributed by atoms with Crippen LogP contribution in [-0.2, 0) is 4.74 Å². The fourth-order valence-electron chi connectivity index (χ4n) is 1.44. The molecule has 104 valence electrons. The molecular weight excluding hydrogens is 254 g/mol. The minimum absolute atomic E-state index is 0.0882. The van der Waals surface area contributed by atoms with Gasteiger partial charge in [0.05, 0.1) is 11.5 Å². The van der Waals surface area contributed by atoms with E-state index in [1.165, 1.54) is 12.1 Å². The highest BCUT2D eigenvalue weighted by Crippen LogP contribution is 2.25. The molecule has 0 saturated carbocycles. The number of carbonyl (C=O) groups is 1. The van der Waals surface area contributed by atoms with Crippen LogP contribution >= 0.6 is 0 Å². The Bertz CT molecular complexity index is 473. The Hall–Kier alpha value is -2.15. The Morgan fingerprint density at radius 1 is 1.53 bits per heavy atom. The molecule has 0 aromatic heterocycles. The van der Waals surface area contributed by atoms with Crippen molar-refractivity contribution in [1.29, 1.82) is 0 Å². The number of carboxylic acid groups (broad SMARTS) is 1. The van der Waals surface area contributed by atoms with E-state index in [9.17, 15) is 14.9 Å². The normalized spacial score (nSPS) is 11.9. The maximum Gasteiger partial charge on any atom is 0.339 e. The monoisotopic (exact) mass is 269 g/mol. The molecule has 1 aromatic rings. The predicted octanol–water partition coefficient (Wildman–Crippen LogP) is 2.10. The van der Waals surface area contributed by atoms with Gasteiger partial charge in [-0.05, 0) is 19.9 Å². The molecule has 0 aliphatic rings. The van der Waals surface area contributed by atoms with E-state index in [2.05, 4.69) is 0 Å². The lowest BCUT2D eigenvalue weighted by Crippen LogP contribution is -2.20. The first-order chi connectivity index (χ1) is 8.95. The van der Waals surface area contributed by atoms with Crippen molar-refractivity contribution in [2.75, 3.05) is 13.2 Å². The smallest absolute Gasteiger partial charge is 0.339 e. The number of non-ortho nitro benzene ring substituents is 1. The van der Waals surface area contributed by atoms with E-state index in [0.29, 0.717) is 13.2 Å². The van der Waals surface area contributed by atoms with Crippen molar-refractivity contribution >= 4 is 11.7 Å². The summed E-state index contributed by atoms with van der Waals surface area (Å²) in [6.07, 6.45) is -0.348. The molecule has 1 rings (SSSR count). The van der Waals surface area contributed by atoms with Gasteiger partial charge in [0, 0.05) is 18.7 Å². The third kappa shape index (κ3) is 4.22. The van der Waals surface area contributed by atoms with Crippen molar-refractivity contribution in [3.8, 4) is 5.75 Å². The molecule has 0 saturated heterocycles. The molecule has 0 radical (unpaired) electrons. The van der Waals surface area contributed by atoms with E-state index in [4.69, 9.17) is 14.6 Å². The minimum Gasteiger partial charge on any atom is -0.487 e. The van der Waals surface area contributed by atoms with E-state index in [0.717, 1.165) is 6.07 Å². The van der Waals surface area contributed by atoms with E-state index in [-0.39, 0.29) is 23.1 Å². The Morgan fingerprint density at radius 3 is 2.74 bits per heavy atom. The Morgan fingerprint density at radius 2 is 2.21 bits per heavy atom. The predicted molar refractivity (Wildman–Crippen MR) is 66.6 cm³/mol. The number of nitro groups is 1. The summed E-state index contributed by atoms with van der Waals surface area (Å²) in [6, 6.07) is 3.46. The molecule has 1 atom stereocenters. The number of nitrogens with zero attached hydrogens (tertiary/aromatic N) is 1. The van der Waals surface area contributed by atoms with Crippen molar-refractivity contribution in [2.24, 2.45) is 0 Å². The molecule has 1 unspecified atom stereocenters. The molecule has 0 amide bonds. The maximum absolute atomic E-state index is 11.1. The van der Waals surface area contributed by atoms with Crippen LogP contribution in [0.3, 0.4) is 0 Å². The Balaban J connectivity index is 2.94. The lowest BCUT2D eigenvalue weighted by atomic mass is 10.2. The van der Waals surface area contributed by atoms with Gasteiger partial charge in [0.2, 0.25) is 0 Å². The van der Waals surface area contributed by atoms with Crippen LogP contribution in [0.15, 0.2) is 18.2 Å². The third-order valence-electron chi connectivity index (χ3n) is 2.29. The number of carboxylic acids is 1. The fourth-order valence-corrected chi connectivity index (χ4v) is 1.44. The second-order valence-corrected chi connectivity index (χ2v) is 3.83. The Labute approximate surface area is 109 Å². The summed E-state index contributed by atoms with van der Waals surface area (Å²) in [5.74, 6) is -1.19. The summed E-state index contributed by atoms with van der Waals surface area (Å²) in [6.45, 7) is 4.40. The largest absolute Gasteiger partial charge is 0.487 e. The zero-order valence-electron chi connectivity index (χ0n) is 10.7. The van der Waals surface area contributed by atoms with Crippen molar-refractivity contribution in [2.45, 2.75) is 20.0 Å². The van der Waals surface area contributed by atoms with Crippen LogP contribution in [0.4, 0.5) is 5.69 Å². The van der Waals surface area contributed by atoms with E-state index in [1.54, 1.807) is 6.92 Å². The first-order valence-electron chi connectivity index (χ1n) is 5.71. The summed E-state index contributed by atoms with van der Waals surface area (Å²) in [5.41, 5.74) is -0.528. The zero-order valence-corrected chi connectivity index (χ0v) is 10.7. The van der Waals surface area contributed by atoms with Gasteiger partial charge in [0.25, 0.3) is 5.69 Å². The lowest BCUT2D eigenvalue weighted by Gasteiger charge is -2.15. The molecule has 0 aliphatic heterocycles. The standard InChI is InChI=1S/C12H15NO6/c1-3-18-7-8(2)19-11-5-4-9(13(16)17)6-10(11)12(14)15/h4-6,8H,3,7H2,1-2H3,(H,14,15). The first-order valence-corrected chi connectivity index (χ1v) is 5.71. The maximum atomic E-state index is 11.1.